The molecule has 0 atom stereocenters. The predicted octanol–water partition coefficient (Wildman–Crippen LogP) is 3.72. The Kier molecular flexibility index (Phi) is 8.59. The van der Waals surface area contributed by atoms with Crippen molar-refractivity contribution in [2.45, 2.75) is 13.3 Å². The van der Waals surface area contributed by atoms with Crippen molar-refractivity contribution in [2.75, 3.05) is 34.2 Å². The molecule has 0 aliphatic rings. The largest absolute Gasteiger partial charge is 0.377 e. The molecule has 0 aromatic rings. The van der Waals surface area contributed by atoms with Gasteiger partial charge in [0.1, 0.15) is 0 Å². The fourth-order valence-electron chi connectivity index (χ4n) is 1.45. The quantitative estimate of drug-likeness (QED) is 0.587. The molecule has 2 nitrogen and oxygen atoms in total. The molecule has 0 radical (unpaired) electrons. The van der Waals surface area contributed by atoms with Crippen molar-refractivity contribution in [2.24, 2.45) is 0 Å². The summed E-state index contributed by atoms with van der Waals surface area (Å²) in [6.45, 7) is 15.9. The topological polar surface area (TPSA) is 6.48 Å². The van der Waals surface area contributed by atoms with Crippen molar-refractivity contribution in [3.05, 3.63) is 47.4 Å². The summed E-state index contributed by atoms with van der Waals surface area (Å²) in [7, 11) is 6.25. The average molecular weight is 266 g/mol. The predicted molar refractivity (Wildman–Crippen MR) is 85.6 cm³/mol. The molecule has 0 aromatic carbocycles. The number of nitrogens with zero attached hydrogens (tertiary/aromatic N) is 2. The van der Waals surface area contributed by atoms with Crippen LogP contribution >= 0.6 is 11.8 Å². The van der Waals surface area contributed by atoms with Gasteiger partial charge in [-0.05, 0) is 26.4 Å². The second-order valence-electron chi connectivity index (χ2n) is 4.60. The Balaban J connectivity index is 4.45. The second-order valence-corrected chi connectivity index (χ2v) is 5.61. The summed E-state index contributed by atoms with van der Waals surface area (Å²) in [4.78, 5) is 5.56. The summed E-state index contributed by atoms with van der Waals surface area (Å²) in [5.74, 6) is 0. The highest BCUT2D eigenvalue weighted by molar-refractivity contribution is 8.06. The third-order valence-electron chi connectivity index (χ3n) is 2.71. The lowest BCUT2D eigenvalue weighted by Gasteiger charge is -2.24. The van der Waals surface area contributed by atoms with E-state index in [1.165, 1.54) is 10.5 Å². The van der Waals surface area contributed by atoms with E-state index in [4.69, 9.17) is 0 Å². The number of allylic oxidation sites excluding steroid dienone is 2. The van der Waals surface area contributed by atoms with Crippen LogP contribution in [-0.4, -0.2) is 44.0 Å². The Hall–Kier alpha value is -0.930. The number of hydrogen-bond donors (Lipinski definition) is 0. The van der Waals surface area contributed by atoms with Gasteiger partial charge in [0.2, 0.25) is 0 Å². The van der Waals surface area contributed by atoms with Gasteiger partial charge in [-0.2, -0.15) is 0 Å². The second kappa shape index (κ2) is 9.06. The van der Waals surface area contributed by atoms with Gasteiger partial charge in [-0.3, -0.25) is 0 Å². The molecule has 18 heavy (non-hydrogen) atoms. The van der Waals surface area contributed by atoms with Crippen LogP contribution in [0.5, 0.6) is 0 Å². The van der Waals surface area contributed by atoms with E-state index in [1.807, 2.05) is 11.5 Å². The van der Waals surface area contributed by atoms with Crippen molar-refractivity contribution in [3.8, 4) is 0 Å². The highest BCUT2D eigenvalue weighted by Crippen LogP contribution is 2.25. The van der Waals surface area contributed by atoms with Gasteiger partial charge in [-0.25, -0.2) is 0 Å². The average Bonchev–Trinajstić information content (AvgIpc) is 2.32. The lowest BCUT2D eigenvalue weighted by molar-refractivity contribution is 0.323. The van der Waals surface area contributed by atoms with Gasteiger partial charge in [0, 0.05) is 37.2 Å². The normalized spacial score (nSPS) is 12.1. The van der Waals surface area contributed by atoms with E-state index in [9.17, 15) is 0 Å². The van der Waals surface area contributed by atoms with Gasteiger partial charge in [0.15, 0.2) is 0 Å². The first-order valence-electron chi connectivity index (χ1n) is 6.05. The molecule has 0 saturated heterocycles. The molecule has 0 fully saturated rings. The fourth-order valence-corrected chi connectivity index (χ4v) is 2.00. The van der Waals surface area contributed by atoms with Crippen LogP contribution < -0.4 is 0 Å². The van der Waals surface area contributed by atoms with Crippen molar-refractivity contribution in [3.63, 3.8) is 0 Å². The summed E-state index contributed by atoms with van der Waals surface area (Å²) in [5.41, 5.74) is 2.43. The standard InChI is InChI=1S/C15H26N2S/c1-8-15(18-9-2)13(3)12-14(4)17(7)11-10-16(5)6/h8-9H,1-2,4,10-12H2,3,5-7H3/b15-13+. The number of rotatable bonds is 9. The fraction of sp³-hybridized carbons (Fsp3) is 0.467. The van der Waals surface area contributed by atoms with E-state index < -0.39 is 0 Å². The maximum atomic E-state index is 4.15. The highest BCUT2D eigenvalue weighted by Gasteiger charge is 2.06. The van der Waals surface area contributed by atoms with Gasteiger partial charge in [-0.15, -0.1) is 0 Å². The minimum Gasteiger partial charge on any atom is -0.377 e. The molecule has 0 aromatic heterocycles. The molecule has 3 heteroatoms. The number of likely N-dealkylation sites (N-methyl/N-ethyl adjacent to an activating group) is 2. The van der Waals surface area contributed by atoms with E-state index in [0.29, 0.717) is 0 Å². The molecule has 0 rings (SSSR count). The molecule has 0 amide bonds. The molecule has 0 aliphatic carbocycles. The van der Waals surface area contributed by atoms with Crippen molar-refractivity contribution >= 4 is 11.8 Å². The van der Waals surface area contributed by atoms with Crippen molar-refractivity contribution in [1.82, 2.24) is 9.80 Å². The van der Waals surface area contributed by atoms with Crippen LogP contribution in [0.4, 0.5) is 0 Å². The third-order valence-corrected chi connectivity index (χ3v) is 3.64. The Morgan fingerprint density at radius 1 is 1.17 bits per heavy atom. The lowest BCUT2D eigenvalue weighted by atomic mass is 10.1. The third kappa shape index (κ3) is 6.72. The minimum atomic E-state index is 0.881. The molecular formula is C15H26N2S. The smallest absolute Gasteiger partial charge is 0.0299 e. The van der Waals surface area contributed by atoms with E-state index in [1.54, 1.807) is 11.8 Å². The zero-order valence-corrected chi connectivity index (χ0v) is 13.0. The van der Waals surface area contributed by atoms with Gasteiger partial charge in [0.05, 0.1) is 0 Å². The zero-order chi connectivity index (χ0) is 14.1. The Morgan fingerprint density at radius 2 is 1.78 bits per heavy atom. The first kappa shape index (κ1) is 17.1. The van der Waals surface area contributed by atoms with Crippen LogP contribution in [-0.2, 0) is 0 Å². The summed E-state index contributed by atoms with van der Waals surface area (Å²) in [6, 6.07) is 0. The van der Waals surface area contributed by atoms with Crippen LogP contribution in [0.1, 0.15) is 13.3 Å². The van der Waals surface area contributed by atoms with Crippen LogP contribution in [0, 0.1) is 0 Å². The molecule has 0 aliphatic heterocycles. The maximum absolute atomic E-state index is 4.15. The van der Waals surface area contributed by atoms with Crippen LogP contribution in [0.15, 0.2) is 47.4 Å². The molecule has 0 spiro atoms. The molecule has 0 bridgehead atoms. The summed E-state index contributed by atoms with van der Waals surface area (Å²) >= 11 is 1.61. The minimum absolute atomic E-state index is 0.881. The van der Waals surface area contributed by atoms with Gasteiger partial charge in [-0.1, -0.05) is 43.1 Å². The van der Waals surface area contributed by atoms with Crippen molar-refractivity contribution < 1.29 is 0 Å². The van der Waals surface area contributed by atoms with Crippen LogP contribution in [0.2, 0.25) is 0 Å². The van der Waals surface area contributed by atoms with E-state index in [2.05, 4.69) is 57.6 Å². The van der Waals surface area contributed by atoms with Gasteiger partial charge < -0.3 is 9.80 Å². The monoisotopic (exact) mass is 266 g/mol. The summed E-state index contributed by atoms with van der Waals surface area (Å²) < 4.78 is 0. The van der Waals surface area contributed by atoms with E-state index >= 15 is 0 Å². The Bertz CT molecular complexity index is 329. The van der Waals surface area contributed by atoms with Crippen LogP contribution in [0.3, 0.4) is 0 Å². The Morgan fingerprint density at radius 3 is 2.22 bits per heavy atom. The molecular weight excluding hydrogens is 240 g/mol. The molecule has 0 heterocycles. The first-order valence-corrected chi connectivity index (χ1v) is 6.93. The molecule has 102 valence electrons. The lowest BCUT2D eigenvalue weighted by Crippen LogP contribution is -2.28. The zero-order valence-electron chi connectivity index (χ0n) is 12.2. The SMILES string of the molecule is C=CS/C(C=C)=C(\C)CC(=C)N(C)CCN(C)C. The van der Waals surface area contributed by atoms with Crippen LogP contribution in [0.25, 0.3) is 0 Å². The highest BCUT2D eigenvalue weighted by atomic mass is 32.2. The summed E-state index contributed by atoms with van der Waals surface area (Å²) in [6.07, 6.45) is 2.76. The molecule has 0 unspecified atom stereocenters. The summed E-state index contributed by atoms with van der Waals surface area (Å²) in [5, 5.41) is 1.83. The molecule has 0 N–H and O–H groups in total. The first-order chi connectivity index (χ1) is 8.42. The Labute approximate surface area is 117 Å². The van der Waals surface area contributed by atoms with Gasteiger partial charge >= 0.3 is 0 Å². The van der Waals surface area contributed by atoms with E-state index in [-0.39, 0.29) is 0 Å². The molecule has 0 saturated carbocycles. The number of hydrogen-bond acceptors (Lipinski definition) is 3. The maximum Gasteiger partial charge on any atom is 0.0299 e. The van der Waals surface area contributed by atoms with Gasteiger partial charge in [0.25, 0.3) is 0 Å². The van der Waals surface area contributed by atoms with Crippen molar-refractivity contribution in [1.29, 1.82) is 0 Å². The number of thioether (sulfide) groups is 1. The van der Waals surface area contributed by atoms with E-state index in [0.717, 1.165) is 25.2 Å².